The minimum Gasteiger partial charge on any atom is -0.479 e. The highest BCUT2D eigenvalue weighted by atomic mass is 19.1. The summed E-state index contributed by atoms with van der Waals surface area (Å²) >= 11 is 0. The van der Waals surface area contributed by atoms with E-state index in [9.17, 15) is 18.4 Å². The Labute approximate surface area is 103 Å². The lowest BCUT2D eigenvalue weighted by Crippen LogP contribution is -2.38. The van der Waals surface area contributed by atoms with Gasteiger partial charge in [0.15, 0.2) is 6.04 Å². The zero-order valence-corrected chi connectivity index (χ0v) is 9.98. The quantitative estimate of drug-likeness (QED) is 0.897. The molecule has 0 heterocycles. The first kappa shape index (κ1) is 14.1. The average Bonchev–Trinajstić information content (AvgIpc) is 2.26. The van der Waals surface area contributed by atoms with E-state index in [1.165, 1.54) is 6.92 Å². The molecule has 0 spiro atoms. The predicted octanol–water partition coefficient (Wildman–Crippen LogP) is 1.96. The van der Waals surface area contributed by atoms with Crippen molar-refractivity contribution in [3.63, 3.8) is 0 Å². The maximum Gasteiger partial charge on any atom is 0.331 e. The van der Waals surface area contributed by atoms with Crippen LogP contribution in [0.2, 0.25) is 0 Å². The summed E-state index contributed by atoms with van der Waals surface area (Å²) in [6, 6.07) is 1.40. The molecule has 0 aliphatic carbocycles. The van der Waals surface area contributed by atoms with Crippen LogP contribution in [-0.2, 0) is 9.59 Å². The van der Waals surface area contributed by atoms with Gasteiger partial charge in [-0.3, -0.25) is 4.79 Å². The van der Waals surface area contributed by atoms with Crippen LogP contribution in [0.1, 0.15) is 25.5 Å². The number of aliphatic carboxylic acids is 1. The van der Waals surface area contributed by atoms with Gasteiger partial charge in [0.25, 0.3) is 0 Å². The molecule has 1 aromatic carbocycles. The van der Waals surface area contributed by atoms with Gasteiger partial charge in [-0.05, 0) is 19.1 Å². The lowest BCUT2D eigenvalue weighted by atomic mass is 10.0. The van der Waals surface area contributed by atoms with Crippen molar-refractivity contribution in [3.8, 4) is 0 Å². The summed E-state index contributed by atoms with van der Waals surface area (Å²) in [6.45, 7) is 2.73. The van der Waals surface area contributed by atoms with Gasteiger partial charge in [0, 0.05) is 13.5 Å². The molecule has 1 N–H and O–H groups in total. The Bertz CT molecular complexity index is 456. The van der Waals surface area contributed by atoms with Gasteiger partial charge in [-0.25, -0.2) is 13.6 Å². The third-order valence-electron chi connectivity index (χ3n) is 2.56. The number of carbonyl (C=O) groups is 2. The smallest absolute Gasteiger partial charge is 0.331 e. The molecule has 4 nitrogen and oxygen atoms in total. The Morgan fingerprint density at radius 1 is 1.33 bits per heavy atom. The van der Waals surface area contributed by atoms with Crippen molar-refractivity contribution >= 4 is 11.9 Å². The first-order valence-electron chi connectivity index (χ1n) is 5.34. The highest BCUT2D eigenvalue weighted by Crippen LogP contribution is 2.26. The van der Waals surface area contributed by atoms with Gasteiger partial charge in [0.05, 0.1) is 5.56 Å². The molecule has 1 atom stereocenters. The normalized spacial score (nSPS) is 12.0. The monoisotopic (exact) mass is 257 g/mol. The largest absolute Gasteiger partial charge is 0.479 e. The van der Waals surface area contributed by atoms with Crippen LogP contribution in [0, 0.1) is 11.6 Å². The average molecular weight is 257 g/mol. The van der Waals surface area contributed by atoms with Gasteiger partial charge in [-0.1, -0.05) is 6.07 Å². The number of nitrogens with zero attached hydrogens (tertiary/aromatic N) is 1. The third kappa shape index (κ3) is 2.64. The Hall–Kier alpha value is -1.98. The SMILES string of the molecule is CCN(C(C)=O)C(C(=O)O)c1c(F)cccc1F. The number of hydrogen-bond donors (Lipinski definition) is 1. The van der Waals surface area contributed by atoms with Crippen LogP contribution in [0.3, 0.4) is 0 Å². The fraction of sp³-hybridized carbons (Fsp3) is 0.333. The number of halogens is 2. The Balaban J connectivity index is 3.37. The van der Waals surface area contributed by atoms with Crippen LogP contribution in [-0.4, -0.2) is 28.4 Å². The van der Waals surface area contributed by atoms with E-state index in [1.807, 2.05) is 0 Å². The van der Waals surface area contributed by atoms with E-state index in [0.717, 1.165) is 30.0 Å². The molecular weight excluding hydrogens is 244 g/mol. The van der Waals surface area contributed by atoms with E-state index in [0.29, 0.717) is 0 Å². The summed E-state index contributed by atoms with van der Waals surface area (Å²) in [5, 5.41) is 9.10. The molecule has 98 valence electrons. The highest BCUT2D eigenvalue weighted by Gasteiger charge is 2.33. The van der Waals surface area contributed by atoms with Gasteiger partial charge >= 0.3 is 5.97 Å². The molecule has 0 saturated heterocycles. The first-order valence-corrected chi connectivity index (χ1v) is 5.34. The molecule has 0 aliphatic rings. The maximum absolute atomic E-state index is 13.6. The molecule has 6 heteroatoms. The standard InChI is InChI=1S/C12H13F2NO3/c1-3-15(7(2)16)11(12(17)18)10-8(13)5-4-6-9(10)14/h4-6,11H,3H2,1-2H3,(H,17,18). The van der Waals surface area contributed by atoms with Gasteiger partial charge in [0.1, 0.15) is 11.6 Å². The zero-order chi connectivity index (χ0) is 13.9. The molecule has 0 bridgehead atoms. The van der Waals surface area contributed by atoms with E-state index in [4.69, 9.17) is 5.11 Å². The molecular formula is C12H13F2NO3. The van der Waals surface area contributed by atoms with Crippen molar-refractivity contribution in [2.45, 2.75) is 19.9 Å². The molecule has 0 aliphatic heterocycles. The molecule has 18 heavy (non-hydrogen) atoms. The van der Waals surface area contributed by atoms with Crippen molar-refractivity contribution in [3.05, 3.63) is 35.4 Å². The van der Waals surface area contributed by atoms with Gasteiger partial charge < -0.3 is 10.0 Å². The Kier molecular flexibility index (Phi) is 4.36. The molecule has 0 radical (unpaired) electrons. The molecule has 0 aromatic heterocycles. The Morgan fingerprint density at radius 3 is 2.17 bits per heavy atom. The van der Waals surface area contributed by atoms with Crippen molar-refractivity contribution in [2.75, 3.05) is 6.54 Å². The van der Waals surface area contributed by atoms with Crippen LogP contribution >= 0.6 is 0 Å². The lowest BCUT2D eigenvalue weighted by molar-refractivity contribution is -0.149. The summed E-state index contributed by atoms with van der Waals surface area (Å²) in [6.07, 6.45) is 0. The lowest BCUT2D eigenvalue weighted by Gasteiger charge is -2.27. The van der Waals surface area contributed by atoms with E-state index < -0.39 is 35.1 Å². The number of carbonyl (C=O) groups excluding carboxylic acids is 1. The first-order chi connectivity index (χ1) is 8.40. The van der Waals surface area contributed by atoms with E-state index in [2.05, 4.69) is 0 Å². The van der Waals surface area contributed by atoms with E-state index in [-0.39, 0.29) is 6.54 Å². The fourth-order valence-electron chi connectivity index (χ4n) is 1.77. The van der Waals surface area contributed by atoms with Gasteiger partial charge in [-0.2, -0.15) is 0 Å². The number of carboxylic acids is 1. The molecule has 1 amide bonds. The van der Waals surface area contributed by atoms with Crippen LogP contribution in [0.4, 0.5) is 8.78 Å². The summed E-state index contributed by atoms with van der Waals surface area (Å²) in [5.74, 6) is -4.01. The van der Waals surface area contributed by atoms with E-state index >= 15 is 0 Å². The van der Waals surface area contributed by atoms with Crippen LogP contribution < -0.4 is 0 Å². The minimum absolute atomic E-state index is 0.0417. The zero-order valence-electron chi connectivity index (χ0n) is 9.98. The van der Waals surface area contributed by atoms with Crippen molar-refractivity contribution in [2.24, 2.45) is 0 Å². The number of carboxylic acid groups (broad SMARTS) is 1. The minimum atomic E-state index is -1.66. The van der Waals surface area contributed by atoms with Crippen molar-refractivity contribution < 1.29 is 23.5 Å². The second-order valence-corrected chi connectivity index (χ2v) is 3.68. The third-order valence-corrected chi connectivity index (χ3v) is 2.56. The van der Waals surface area contributed by atoms with Crippen LogP contribution in [0.25, 0.3) is 0 Å². The fourth-order valence-corrected chi connectivity index (χ4v) is 1.77. The number of amides is 1. The van der Waals surface area contributed by atoms with Gasteiger partial charge in [-0.15, -0.1) is 0 Å². The number of rotatable bonds is 4. The van der Waals surface area contributed by atoms with E-state index in [1.54, 1.807) is 0 Å². The van der Waals surface area contributed by atoms with Gasteiger partial charge in [0.2, 0.25) is 5.91 Å². The molecule has 0 fully saturated rings. The predicted molar refractivity (Wildman–Crippen MR) is 59.8 cm³/mol. The van der Waals surface area contributed by atoms with Crippen molar-refractivity contribution in [1.29, 1.82) is 0 Å². The maximum atomic E-state index is 13.6. The molecule has 1 aromatic rings. The number of hydrogen-bond acceptors (Lipinski definition) is 2. The summed E-state index contributed by atoms with van der Waals surface area (Å²) in [5.41, 5.74) is -0.623. The molecule has 1 unspecified atom stereocenters. The van der Waals surface area contributed by atoms with Crippen LogP contribution in [0.15, 0.2) is 18.2 Å². The summed E-state index contributed by atoms with van der Waals surface area (Å²) in [4.78, 5) is 23.4. The molecule has 0 saturated carbocycles. The summed E-state index contributed by atoms with van der Waals surface area (Å²) in [7, 11) is 0. The van der Waals surface area contributed by atoms with Crippen molar-refractivity contribution in [1.82, 2.24) is 4.90 Å². The topological polar surface area (TPSA) is 57.6 Å². The van der Waals surface area contributed by atoms with Crippen LogP contribution in [0.5, 0.6) is 0 Å². The Morgan fingerprint density at radius 2 is 1.83 bits per heavy atom. The number of likely N-dealkylation sites (N-methyl/N-ethyl adjacent to an activating group) is 1. The summed E-state index contributed by atoms with van der Waals surface area (Å²) < 4.78 is 27.2. The second-order valence-electron chi connectivity index (χ2n) is 3.68. The second kappa shape index (κ2) is 5.57. The highest BCUT2D eigenvalue weighted by molar-refractivity contribution is 5.83. The molecule has 1 rings (SSSR count). The number of benzene rings is 1.